The van der Waals surface area contributed by atoms with E-state index in [1.807, 2.05) is 24.4 Å². The molecule has 0 saturated carbocycles. The minimum absolute atomic E-state index is 0.238. The molecule has 1 amide bonds. The number of amides is 1. The molecular formula is C18H20ClNO4S. The Hall–Kier alpha value is -2.05. The van der Waals surface area contributed by atoms with Crippen molar-refractivity contribution in [1.29, 1.82) is 0 Å². The largest absolute Gasteiger partial charge is 0.495 e. The molecule has 1 heterocycles. The molecule has 0 fully saturated rings. The lowest BCUT2D eigenvalue weighted by atomic mass is 10.2. The van der Waals surface area contributed by atoms with Crippen LogP contribution in [0.2, 0.25) is 5.02 Å². The fourth-order valence-corrected chi connectivity index (χ4v) is 3.02. The van der Waals surface area contributed by atoms with Crippen LogP contribution in [0.1, 0.15) is 23.8 Å². The van der Waals surface area contributed by atoms with Gasteiger partial charge in [0.05, 0.1) is 19.2 Å². The predicted octanol–water partition coefficient (Wildman–Crippen LogP) is 4.22. The highest BCUT2D eigenvalue weighted by molar-refractivity contribution is 7.09. The SMILES string of the molecule is COc1cc(Cl)c(C)cc1NC(=O)[C@H](C)OC(=O)CCc1cccs1. The fraction of sp³-hybridized carbons (Fsp3) is 0.333. The van der Waals surface area contributed by atoms with Crippen LogP contribution in [-0.4, -0.2) is 25.1 Å². The summed E-state index contributed by atoms with van der Waals surface area (Å²) >= 11 is 7.64. The average Bonchev–Trinajstić information content (AvgIpc) is 3.09. The zero-order valence-corrected chi connectivity index (χ0v) is 15.9. The van der Waals surface area contributed by atoms with Crippen LogP contribution < -0.4 is 10.1 Å². The van der Waals surface area contributed by atoms with E-state index in [0.29, 0.717) is 22.9 Å². The number of rotatable bonds is 7. The van der Waals surface area contributed by atoms with Gasteiger partial charge in [-0.2, -0.15) is 0 Å². The first-order valence-electron chi connectivity index (χ1n) is 7.77. The summed E-state index contributed by atoms with van der Waals surface area (Å²) in [5.74, 6) is -0.389. The number of hydrogen-bond acceptors (Lipinski definition) is 5. The first-order chi connectivity index (χ1) is 11.9. The Labute approximate surface area is 155 Å². The van der Waals surface area contributed by atoms with E-state index in [0.717, 1.165) is 10.4 Å². The second-order valence-corrected chi connectivity index (χ2v) is 6.94. The van der Waals surface area contributed by atoms with Crippen molar-refractivity contribution in [2.75, 3.05) is 12.4 Å². The molecule has 1 aromatic carbocycles. The number of thiophene rings is 1. The van der Waals surface area contributed by atoms with Crippen molar-refractivity contribution in [3.05, 3.63) is 45.1 Å². The van der Waals surface area contributed by atoms with Gasteiger partial charge >= 0.3 is 5.97 Å². The molecule has 7 heteroatoms. The minimum atomic E-state index is -0.906. The third-order valence-corrected chi connectivity index (χ3v) is 4.92. The van der Waals surface area contributed by atoms with Crippen LogP contribution in [0.25, 0.3) is 0 Å². The number of anilines is 1. The Morgan fingerprint density at radius 3 is 2.76 bits per heavy atom. The lowest BCUT2D eigenvalue weighted by Gasteiger charge is -2.16. The minimum Gasteiger partial charge on any atom is -0.495 e. The number of methoxy groups -OCH3 is 1. The Kier molecular flexibility index (Phi) is 6.84. The number of aryl methyl sites for hydroxylation is 2. The molecule has 0 aliphatic heterocycles. The molecule has 0 aliphatic rings. The van der Waals surface area contributed by atoms with Crippen LogP contribution in [0.4, 0.5) is 5.69 Å². The number of hydrogen-bond donors (Lipinski definition) is 1. The Bertz CT molecular complexity index is 746. The van der Waals surface area contributed by atoms with Crippen molar-refractivity contribution in [1.82, 2.24) is 0 Å². The summed E-state index contributed by atoms with van der Waals surface area (Å²) < 4.78 is 10.4. The fourth-order valence-electron chi connectivity index (χ4n) is 2.15. The third kappa shape index (κ3) is 5.47. The van der Waals surface area contributed by atoms with Gasteiger partial charge < -0.3 is 14.8 Å². The molecule has 25 heavy (non-hydrogen) atoms. The molecule has 0 radical (unpaired) electrons. The maximum atomic E-state index is 12.3. The van der Waals surface area contributed by atoms with Gasteiger partial charge in [-0.25, -0.2) is 0 Å². The van der Waals surface area contributed by atoms with Gasteiger partial charge in [-0.3, -0.25) is 9.59 Å². The summed E-state index contributed by atoms with van der Waals surface area (Å²) in [5.41, 5.74) is 1.29. The molecule has 2 rings (SSSR count). The molecule has 0 unspecified atom stereocenters. The van der Waals surface area contributed by atoms with E-state index in [4.69, 9.17) is 21.1 Å². The standard InChI is InChI=1S/C18H20ClNO4S/c1-11-9-15(16(23-3)10-14(11)19)20-18(22)12(2)24-17(21)7-6-13-5-4-8-25-13/h4-5,8-10,12H,6-7H2,1-3H3,(H,20,22)/t12-/m0/s1. The monoisotopic (exact) mass is 381 g/mol. The molecule has 0 spiro atoms. The molecule has 5 nitrogen and oxygen atoms in total. The number of nitrogens with one attached hydrogen (secondary N) is 1. The van der Waals surface area contributed by atoms with Crippen LogP contribution in [0.3, 0.4) is 0 Å². The van der Waals surface area contributed by atoms with Gasteiger partial charge in [0.1, 0.15) is 5.75 Å². The zero-order chi connectivity index (χ0) is 18.4. The molecule has 1 N–H and O–H groups in total. The van der Waals surface area contributed by atoms with Crippen molar-refractivity contribution in [2.45, 2.75) is 32.8 Å². The first-order valence-corrected chi connectivity index (χ1v) is 9.03. The van der Waals surface area contributed by atoms with Crippen molar-refractivity contribution in [3.8, 4) is 5.75 Å². The molecule has 134 valence electrons. The van der Waals surface area contributed by atoms with Gasteiger partial charge in [0, 0.05) is 16.0 Å². The van der Waals surface area contributed by atoms with Crippen LogP contribution in [0.15, 0.2) is 29.6 Å². The number of carbonyl (C=O) groups excluding carboxylic acids is 2. The van der Waals surface area contributed by atoms with Crippen molar-refractivity contribution in [3.63, 3.8) is 0 Å². The predicted molar refractivity (Wildman–Crippen MR) is 99.6 cm³/mol. The summed E-state index contributed by atoms with van der Waals surface area (Å²) in [5, 5.41) is 5.21. The number of benzene rings is 1. The van der Waals surface area contributed by atoms with Gasteiger partial charge in [0.15, 0.2) is 6.10 Å². The summed E-state index contributed by atoms with van der Waals surface area (Å²) in [6.45, 7) is 3.36. The Morgan fingerprint density at radius 1 is 1.36 bits per heavy atom. The van der Waals surface area contributed by atoms with E-state index in [1.54, 1.807) is 23.5 Å². The van der Waals surface area contributed by atoms with E-state index in [-0.39, 0.29) is 6.42 Å². The normalized spacial score (nSPS) is 11.7. The molecule has 0 saturated heterocycles. The molecule has 0 bridgehead atoms. The Balaban J connectivity index is 1.91. The van der Waals surface area contributed by atoms with Crippen molar-refractivity contribution < 1.29 is 19.1 Å². The zero-order valence-electron chi connectivity index (χ0n) is 14.3. The maximum Gasteiger partial charge on any atom is 0.306 e. The average molecular weight is 382 g/mol. The number of carbonyl (C=O) groups is 2. The second kappa shape index (κ2) is 8.87. The van der Waals surface area contributed by atoms with E-state index < -0.39 is 18.0 Å². The number of ether oxygens (including phenoxy) is 2. The van der Waals surface area contributed by atoms with Gasteiger partial charge in [-0.15, -0.1) is 11.3 Å². The topological polar surface area (TPSA) is 64.6 Å². The lowest BCUT2D eigenvalue weighted by Crippen LogP contribution is -2.30. The molecule has 2 aromatic rings. The maximum absolute atomic E-state index is 12.3. The second-order valence-electron chi connectivity index (χ2n) is 5.50. The van der Waals surface area contributed by atoms with Gasteiger partial charge in [0.2, 0.25) is 0 Å². The van der Waals surface area contributed by atoms with E-state index in [9.17, 15) is 9.59 Å². The lowest BCUT2D eigenvalue weighted by molar-refractivity contribution is -0.153. The third-order valence-electron chi connectivity index (χ3n) is 3.57. The molecule has 0 aliphatic carbocycles. The highest BCUT2D eigenvalue weighted by Crippen LogP contribution is 2.31. The smallest absolute Gasteiger partial charge is 0.306 e. The van der Waals surface area contributed by atoms with Crippen LogP contribution in [0, 0.1) is 6.92 Å². The van der Waals surface area contributed by atoms with Crippen LogP contribution in [0.5, 0.6) is 5.75 Å². The summed E-state index contributed by atoms with van der Waals surface area (Å²) in [6.07, 6.45) is -0.0622. The van der Waals surface area contributed by atoms with Gasteiger partial charge in [0.25, 0.3) is 5.91 Å². The number of halogens is 1. The first kappa shape index (κ1) is 19.3. The summed E-state index contributed by atoms with van der Waals surface area (Å²) in [6, 6.07) is 7.24. The van der Waals surface area contributed by atoms with Crippen molar-refractivity contribution >= 4 is 40.5 Å². The summed E-state index contributed by atoms with van der Waals surface area (Å²) in [7, 11) is 1.49. The van der Waals surface area contributed by atoms with E-state index in [1.165, 1.54) is 14.0 Å². The highest BCUT2D eigenvalue weighted by Gasteiger charge is 2.19. The van der Waals surface area contributed by atoms with Crippen LogP contribution in [-0.2, 0) is 20.7 Å². The van der Waals surface area contributed by atoms with Crippen molar-refractivity contribution in [2.24, 2.45) is 0 Å². The number of esters is 1. The molecular weight excluding hydrogens is 362 g/mol. The highest BCUT2D eigenvalue weighted by atomic mass is 35.5. The Morgan fingerprint density at radius 2 is 2.12 bits per heavy atom. The van der Waals surface area contributed by atoms with Gasteiger partial charge in [-0.1, -0.05) is 17.7 Å². The molecule has 1 aromatic heterocycles. The summed E-state index contributed by atoms with van der Waals surface area (Å²) in [4.78, 5) is 25.3. The van der Waals surface area contributed by atoms with Gasteiger partial charge in [-0.05, 0) is 43.3 Å². The van der Waals surface area contributed by atoms with Crippen LogP contribution >= 0.6 is 22.9 Å². The quantitative estimate of drug-likeness (QED) is 0.729. The van der Waals surface area contributed by atoms with E-state index in [2.05, 4.69) is 5.32 Å². The van der Waals surface area contributed by atoms with E-state index >= 15 is 0 Å². The molecule has 1 atom stereocenters.